The predicted octanol–water partition coefficient (Wildman–Crippen LogP) is 4.33. The van der Waals surface area contributed by atoms with Crippen LogP contribution in [0.1, 0.15) is 66.0 Å². The maximum Gasteiger partial charge on any atom is 0.256 e. The third kappa shape index (κ3) is 3.94. The van der Waals surface area contributed by atoms with Gasteiger partial charge in [-0.25, -0.2) is 0 Å². The van der Waals surface area contributed by atoms with Gasteiger partial charge in [0.1, 0.15) is 5.56 Å². The van der Waals surface area contributed by atoms with Gasteiger partial charge in [-0.3, -0.25) is 9.69 Å². The SMILES string of the molecule is Cc1noc(C(C)C)c1C(=O)NC[C@H](c1ccccc1Cl)N1CCCC1. The van der Waals surface area contributed by atoms with Gasteiger partial charge in [-0.05, 0) is 44.5 Å². The molecule has 1 N–H and O–H groups in total. The second-order valence-electron chi connectivity index (χ2n) is 7.15. The number of amides is 1. The van der Waals surface area contributed by atoms with Gasteiger partial charge in [0.05, 0.1) is 11.7 Å². The molecule has 1 atom stereocenters. The Morgan fingerprint density at radius 2 is 2.00 bits per heavy atom. The third-order valence-corrected chi connectivity index (χ3v) is 5.29. The maximum atomic E-state index is 12.8. The topological polar surface area (TPSA) is 58.4 Å². The molecule has 6 heteroatoms. The molecule has 0 bridgehead atoms. The van der Waals surface area contributed by atoms with Crippen molar-refractivity contribution in [2.24, 2.45) is 0 Å². The highest BCUT2D eigenvalue weighted by Gasteiger charge is 2.27. The van der Waals surface area contributed by atoms with E-state index in [1.54, 1.807) is 6.92 Å². The fraction of sp³-hybridized carbons (Fsp3) is 0.500. The number of aryl methyl sites for hydroxylation is 1. The summed E-state index contributed by atoms with van der Waals surface area (Å²) in [5, 5.41) is 7.79. The van der Waals surface area contributed by atoms with Crippen LogP contribution in [0.25, 0.3) is 0 Å². The zero-order valence-electron chi connectivity index (χ0n) is 15.6. The van der Waals surface area contributed by atoms with Crippen LogP contribution in [0.3, 0.4) is 0 Å². The molecule has 3 rings (SSSR count). The standard InChI is InChI=1S/C20H26ClN3O2/c1-13(2)19-18(14(3)23-26-19)20(25)22-12-17(24-10-6-7-11-24)15-8-4-5-9-16(15)21/h4-5,8-9,13,17H,6-7,10-12H2,1-3H3,(H,22,25)/t17-/m1/s1. The van der Waals surface area contributed by atoms with E-state index in [0.717, 1.165) is 23.7 Å². The summed E-state index contributed by atoms with van der Waals surface area (Å²) in [7, 11) is 0. The normalized spacial score (nSPS) is 16.2. The van der Waals surface area contributed by atoms with Gasteiger partial charge >= 0.3 is 0 Å². The second kappa shape index (κ2) is 8.23. The van der Waals surface area contributed by atoms with Crippen molar-refractivity contribution in [3.8, 4) is 0 Å². The molecule has 0 saturated carbocycles. The van der Waals surface area contributed by atoms with Gasteiger partial charge in [-0.15, -0.1) is 0 Å². The molecule has 0 spiro atoms. The number of likely N-dealkylation sites (tertiary alicyclic amines) is 1. The highest BCUT2D eigenvalue weighted by Crippen LogP contribution is 2.30. The van der Waals surface area contributed by atoms with Crippen molar-refractivity contribution in [2.75, 3.05) is 19.6 Å². The molecule has 0 radical (unpaired) electrons. The van der Waals surface area contributed by atoms with Crippen LogP contribution in [0.2, 0.25) is 5.02 Å². The molecule has 140 valence electrons. The summed E-state index contributed by atoms with van der Waals surface area (Å²) in [6.45, 7) is 8.34. The number of rotatable bonds is 6. The van der Waals surface area contributed by atoms with Crippen molar-refractivity contribution in [3.63, 3.8) is 0 Å². The van der Waals surface area contributed by atoms with Crippen LogP contribution in [-0.4, -0.2) is 35.6 Å². The quantitative estimate of drug-likeness (QED) is 0.816. The Balaban J connectivity index is 1.79. The van der Waals surface area contributed by atoms with Crippen molar-refractivity contribution in [1.29, 1.82) is 0 Å². The molecule has 2 aromatic rings. The molecule has 1 amide bonds. The lowest BCUT2D eigenvalue weighted by Gasteiger charge is -2.29. The van der Waals surface area contributed by atoms with Crippen molar-refractivity contribution >= 4 is 17.5 Å². The molecule has 0 unspecified atom stereocenters. The summed E-state index contributed by atoms with van der Waals surface area (Å²) in [4.78, 5) is 15.2. The number of carbonyl (C=O) groups excluding carboxylic acids is 1. The van der Waals surface area contributed by atoms with Crippen molar-refractivity contribution in [3.05, 3.63) is 51.9 Å². The molecule has 1 saturated heterocycles. The van der Waals surface area contributed by atoms with E-state index in [4.69, 9.17) is 16.1 Å². The van der Waals surface area contributed by atoms with E-state index in [1.165, 1.54) is 12.8 Å². The van der Waals surface area contributed by atoms with Crippen LogP contribution in [-0.2, 0) is 0 Å². The lowest BCUT2D eigenvalue weighted by molar-refractivity contribution is 0.0935. The number of hydrogen-bond donors (Lipinski definition) is 1. The van der Waals surface area contributed by atoms with Crippen LogP contribution in [0.5, 0.6) is 0 Å². The van der Waals surface area contributed by atoms with Crippen molar-refractivity contribution in [1.82, 2.24) is 15.4 Å². The van der Waals surface area contributed by atoms with Gasteiger partial charge in [0.15, 0.2) is 5.76 Å². The van der Waals surface area contributed by atoms with E-state index < -0.39 is 0 Å². The molecule has 0 aliphatic carbocycles. The number of carbonyl (C=O) groups is 1. The summed E-state index contributed by atoms with van der Waals surface area (Å²) in [5.41, 5.74) is 2.24. The van der Waals surface area contributed by atoms with Crippen molar-refractivity contribution < 1.29 is 9.32 Å². The van der Waals surface area contributed by atoms with Gasteiger partial charge in [0.25, 0.3) is 5.91 Å². The lowest BCUT2D eigenvalue weighted by Crippen LogP contribution is -2.37. The summed E-state index contributed by atoms with van der Waals surface area (Å²) in [6.07, 6.45) is 2.36. The minimum Gasteiger partial charge on any atom is -0.360 e. The Bertz CT molecular complexity index is 766. The summed E-state index contributed by atoms with van der Waals surface area (Å²) >= 11 is 6.44. The van der Waals surface area contributed by atoms with E-state index in [0.29, 0.717) is 23.6 Å². The first-order chi connectivity index (χ1) is 12.5. The van der Waals surface area contributed by atoms with Gasteiger partial charge in [-0.2, -0.15) is 0 Å². The summed E-state index contributed by atoms with van der Waals surface area (Å²) < 4.78 is 5.35. The first-order valence-corrected chi connectivity index (χ1v) is 9.59. The maximum absolute atomic E-state index is 12.8. The van der Waals surface area contributed by atoms with E-state index in [2.05, 4.69) is 15.4 Å². The number of halogens is 1. The Morgan fingerprint density at radius 3 is 2.65 bits per heavy atom. The molecule has 1 aliphatic heterocycles. The number of benzene rings is 1. The summed E-state index contributed by atoms with van der Waals surface area (Å²) in [6, 6.07) is 7.94. The Labute approximate surface area is 159 Å². The van der Waals surface area contributed by atoms with Crippen LogP contribution < -0.4 is 5.32 Å². The van der Waals surface area contributed by atoms with Crippen LogP contribution in [0.4, 0.5) is 0 Å². The fourth-order valence-corrected chi connectivity index (χ4v) is 3.83. The van der Waals surface area contributed by atoms with Crippen LogP contribution >= 0.6 is 11.6 Å². The van der Waals surface area contributed by atoms with Crippen LogP contribution in [0.15, 0.2) is 28.8 Å². The van der Waals surface area contributed by atoms with Crippen molar-refractivity contribution in [2.45, 2.75) is 45.6 Å². The first kappa shape index (κ1) is 18.9. The zero-order valence-corrected chi connectivity index (χ0v) is 16.3. The Hall–Kier alpha value is -1.85. The van der Waals surface area contributed by atoms with E-state index in [-0.39, 0.29) is 17.9 Å². The fourth-order valence-electron chi connectivity index (χ4n) is 3.57. The highest BCUT2D eigenvalue weighted by molar-refractivity contribution is 6.31. The molecule has 2 heterocycles. The minimum absolute atomic E-state index is 0.0674. The van der Waals surface area contributed by atoms with Gasteiger partial charge in [0, 0.05) is 17.5 Å². The lowest BCUT2D eigenvalue weighted by atomic mass is 10.0. The average Bonchev–Trinajstić information content (AvgIpc) is 3.26. The monoisotopic (exact) mass is 375 g/mol. The molecule has 1 aromatic heterocycles. The smallest absolute Gasteiger partial charge is 0.256 e. The first-order valence-electron chi connectivity index (χ1n) is 9.22. The molecule has 1 aromatic carbocycles. The number of hydrogen-bond acceptors (Lipinski definition) is 4. The number of nitrogens with one attached hydrogen (secondary N) is 1. The number of aromatic nitrogens is 1. The molecular formula is C20H26ClN3O2. The zero-order chi connectivity index (χ0) is 18.7. The minimum atomic E-state index is -0.135. The van der Waals surface area contributed by atoms with E-state index >= 15 is 0 Å². The molecule has 5 nitrogen and oxygen atoms in total. The highest BCUT2D eigenvalue weighted by atomic mass is 35.5. The van der Waals surface area contributed by atoms with Gasteiger partial charge in [-0.1, -0.05) is 48.8 Å². The Morgan fingerprint density at radius 1 is 1.31 bits per heavy atom. The molecule has 26 heavy (non-hydrogen) atoms. The molecule has 1 fully saturated rings. The number of nitrogens with zero attached hydrogens (tertiary/aromatic N) is 2. The average molecular weight is 376 g/mol. The van der Waals surface area contributed by atoms with E-state index in [1.807, 2.05) is 38.1 Å². The van der Waals surface area contributed by atoms with E-state index in [9.17, 15) is 4.79 Å². The molecule has 1 aliphatic rings. The Kier molecular flexibility index (Phi) is 5.99. The van der Waals surface area contributed by atoms with Gasteiger partial charge < -0.3 is 9.84 Å². The second-order valence-corrected chi connectivity index (χ2v) is 7.56. The van der Waals surface area contributed by atoms with Gasteiger partial charge in [0.2, 0.25) is 0 Å². The predicted molar refractivity (Wildman–Crippen MR) is 103 cm³/mol. The third-order valence-electron chi connectivity index (χ3n) is 4.94. The molecular weight excluding hydrogens is 350 g/mol. The largest absolute Gasteiger partial charge is 0.360 e. The summed E-state index contributed by atoms with van der Waals surface area (Å²) in [5.74, 6) is 0.606. The van der Waals surface area contributed by atoms with Crippen LogP contribution in [0, 0.1) is 6.92 Å².